The molecule has 0 bridgehead atoms. The van der Waals surface area contributed by atoms with Crippen molar-refractivity contribution >= 4 is 0 Å². The molecule has 1 atom stereocenters. The zero-order chi connectivity index (χ0) is 13.9. The lowest BCUT2D eigenvalue weighted by Gasteiger charge is -2.23. The summed E-state index contributed by atoms with van der Waals surface area (Å²) >= 11 is 0. The van der Waals surface area contributed by atoms with E-state index in [-0.39, 0.29) is 0 Å². The molecule has 1 aromatic rings. The summed E-state index contributed by atoms with van der Waals surface area (Å²) in [6.45, 7) is 4.59. The number of rotatable bonds is 8. The molecule has 0 aromatic heterocycles. The van der Waals surface area contributed by atoms with E-state index in [0.717, 1.165) is 17.9 Å². The molecule has 1 unspecified atom stereocenters. The van der Waals surface area contributed by atoms with Crippen LogP contribution in [0.3, 0.4) is 0 Å². The quantitative estimate of drug-likeness (QED) is 0.711. The largest absolute Gasteiger partial charge is 0.307 e. The predicted molar refractivity (Wildman–Crippen MR) is 85.8 cm³/mol. The molecule has 2 aliphatic rings. The van der Waals surface area contributed by atoms with Crippen LogP contribution in [0.15, 0.2) is 24.3 Å². The number of hydrogen-bond donors (Lipinski definition) is 1. The lowest BCUT2D eigenvalue weighted by molar-refractivity contribution is 0.377. The highest BCUT2D eigenvalue weighted by Crippen LogP contribution is 2.45. The van der Waals surface area contributed by atoms with Crippen molar-refractivity contribution < 1.29 is 0 Å². The summed E-state index contributed by atoms with van der Waals surface area (Å²) < 4.78 is 0. The van der Waals surface area contributed by atoms with Crippen molar-refractivity contribution in [3.63, 3.8) is 0 Å². The summed E-state index contributed by atoms with van der Waals surface area (Å²) in [5, 5.41) is 3.92. The van der Waals surface area contributed by atoms with Crippen molar-refractivity contribution in [1.82, 2.24) is 5.32 Å². The number of hydrogen-bond acceptors (Lipinski definition) is 1. The summed E-state index contributed by atoms with van der Waals surface area (Å²) in [5.74, 6) is 1.96. The van der Waals surface area contributed by atoms with Crippen LogP contribution in [-0.4, -0.2) is 6.04 Å². The Kier molecular flexibility index (Phi) is 4.45. The van der Waals surface area contributed by atoms with E-state index in [1.165, 1.54) is 56.1 Å². The molecule has 0 spiro atoms. The lowest BCUT2D eigenvalue weighted by atomic mass is 10.0. The van der Waals surface area contributed by atoms with E-state index < -0.39 is 0 Å². The Morgan fingerprint density at radius 3 is 2.15 bits per heavy atom. The van der Waals surface area contributed by atoms with E-state index in [9.17, 15) is 0 Å². The van der Waals surface area contributed by atoms with E-state index in [1.54, 1.807) is 0 Å². The molecule has 1 aromatic carbocycles. The zero-order valence-electron chi connectivity index (χ0n) is 13.1. The highest BCUT2D eigenvalue weighted by atomic mass is 15.0. The smallest absolute Gasteiger partial charge is 0.0294 e. The van der Waals surface area contributed by atoms with E-state index >= 15 is 0 Å². The van der Waals surface area contributed by atoms with Crippen LogP contribution < -0.4 is 5.32 Å². The molecule has 2 fully saturated rings. The van der Waals surface area contributed by atoms with Crippen molar-refractivity contribution in [3.8, 4) is 0 Å². The van der Waals surface area contributed by atoms with Gasteiger partial charge in [-0.1, -0.05) is 37.6 Å². The average Bonchev–Trinajstić information content (AvgIpc) is 3.36. The average molecular weight is 271 g/mol. The van der Waals surface area contributed by atoms with Crippen molar-refractivity contribution in [2.75, 3.05) is 0 Å². The molecule has 0 saturated heterocycles. The fraction of sp³-hybridized carbons (Fsp3) is 0.684. The zero-order valence-corrected chi connectivity index (χ0v) is 13.1. The van der Waals surface area contributed by atoms with E-state index in [0.29, 0.717) is 6.04 Å². The molecule has 0 amide bonds. The second-order valence-corrected chi connectivity index (χ2v) is 6.93. The first-order valence-corrected chi connectivity index (χ1v) is 8.63. The maximum Gasteiger partial charge on any atom is 0.0294 e. The minimum absolute atomic E-state index is 0.501. The van der Waals surface area contributed by atoms with Gasteiger partial charge in [0.25, 0.3) is 0 Å². The highest BCUT2D eigenvalue weighted by molar-refractivity contribution is 5.25. The van der Waals surface area contributed by atoms with Crippen LogP contribution in [0.4, 0.5) is 0 Å². The lowest BCUT2D eigenvalue weighted by Crippen LogP contribution is -2.35. The fourth-order valence-electron chi connectivity index (χ4n) is 3.31. The molecule has 2 aliphatic carbocycles. The second-order valence-electron chi connectivity index (χ2n) is 6.93. The van der Waals surface area contributed by atoms with Crippen LogP contribution in [0.2, 0.25) is 0 Å². The fourth-order valence-corrected chi connectivity index (χ4v) is 3.31. The molecule has 0 aliphatic heterocycles. The Morgan fingerprint density at radius 2 is 1.65 bits per heavy atom. The summed E-state index contributed by atoms with van der Waals surface area (Å²) in [6, 6.07) is 10.6. The second kappa shape index (κ2) is 6.30. The van der Waals surface area contributed by atoms with E-state index in [2.05, 4.69) is 43.4 Å². The molecule has 1 heteroatoms. The normalized spacial score (nSPS) is 20.4. The minimum atomic E-state index is 0.501. The Bertz CT molecular complexity index is 402. The van der Waals surface area contributed by atoms with Gasteiger partial charge in [-0.15, -0.1) is 0 Å². The first-order chi connectivity index (χ1) is 9.78. The summed E-state index contributed by atoms with van der Waals surface area (Å²) in [5.41, 5.74) is 2.94. The molecule has 1 nitrogen and oxygen atoms in total. The number of nitrogens with one attached hydrogen (secondary N) is 1. The van der Waals surface area contributed by atoms with Gasteiger partial charge in [0.2, 0.25) is 0 Å². The molecule has 0 radical (unpaired) electrons. The molecular formula is C19H29N. The van der Waals surface area contributed by atoms with Crippen molar-refractivity contribution in [2.24, 2.45) is 11.8 Å². The molecule has 0 heterocycles. The third kappa shape index (κ3) is 3.63. The highest BCUT2D eigenvalue weighted by Gasteiger charge is 2.41. The van der Waals surface area contributed by atoms with Gasteiger partial charge in [0.15, 0.2) is 0 Å². The first-order valence-electron chi connectivity index (χ1n) is 8.63. The third-order valence-corrected chi connectivity index (χ3v) is 5.00. The van der Waals surface area contributed by atoms with Gasteiger partial charge >= 0.3 is 0 Å². The Labute approximate surface area is 124 Å². The van der Waals surface area contributed by atoms with Gasteiger partial charge in [-0.25, -0.2) is 0 Å². The van der Waals surface area contributed by atoms with Gasteiger partial charge < -0.3 is 5.32 Å². The van der Waals surface area contributed by atoms with Gasteiger partial charge in [-0.05, 0) is 68.4 Å². The van der Waals surface area contributed by atoms with Crippen molar-refractivity contribution in [3.05, 3.63) is 35.4 Å². The topological polar surface area (TPSA) is 12.0 Å². The summed E-state index contributed by atoms with van der Waals surface area (Å²) in [6.07, 6.45) is 9.63. The molecule has 2 saturated carbocycles. The number of unbranched alkanes of at least 4 members (excludes halogenated alkanes) is 1. The van der Waals surface area contributed by atoms with Crippen LogP contribution in [-0.2, 0) is 6.42 Å². The Morgan fingerprint density at radius 1 is 1.05 bits per heavy atom. The molecule has 1 N–H and O–H groups in total. The predicted octanol–water partition coefficient (Wildman–Crippen LogP) is 4.87. The van der Waals surface area contributed by atoms with E-state index in [4.69, 9.17) is 0 Å². The minimum Gasteiger partial charge on any atom is -0.307 e. The van der Waals surface area contributed by atoms with Crippen molar-refractivity contribution in [1.29, 1.82) is 0 Å². The molecular weight excluding hydrogens is 242 g/mol. The number of benzene rings is 1. The molecule has 110 valence electrons. The summed E-state index contributed by atoms with van der Waals surface area (Å²) in [7, 11) is 0. The van der Waals surface area contributed by atoms with Gasteiger partial charge in [-0.3, -0.25) is 0 Å². The van der Waals surface area contributed by atoms with Crippen LogP contribution in [0.1, 0.15) is 69.5 Å². The Hall–Kier alpha value is -0.820. The van der Waals surface area contributed by atoms with Gasteiger partial charge in [0.05, 0.1) is 0 Å². The van der Waals surface area contributed by atoms with Gasteiger partial charge in [0, 0.05) is 12.1 Å². The molecule has 20 heavy (non-hydrogen) atoms. The van der Waals surface area contributed by atoms with Crippen molar-refractivity contribution in [2.45, 2.75) is 70.9 Å². The maximum atomic E-state index is 3.92. The third-order valence-electron chi connectivity index (χ3n) is 5.00. The monoisotopic (exact) mass is 271 g/mol. The van der Waals surface area contributed by atoms with Crippen LogP contribution in [0.25, 0.3) is 0 Å². The summed E-state index contributed by atoms with van der Waals surface area (Å²) in [4.78, 5) is 0. The van der Waals surface area contributed by atoms with Gasteiger partial charge in [-0.2, -0.15) is 0 Å². The van der Waals surface area contributed by atoms with Crippen LogP contribution in [0, 0.1) is 11.8 Å². The standard InChI is InChI=1S/C19H29N/c1-3-4-5-15-6-8-16(9-7-15)14(2)20-19(17-10-11-17)18-12-13-18/h6-9,14,17-20H,3-5,10-13H2,1-2H3. The van der Waals surface area contributed by atoms with E-state index in [1.807, 2.05) is 0 Å². The Balaban J connectivity index is 1.56. The van der Waals surface area contributed by atoms with Crippen LogP contribution in [0.5, 0.6) is 0 Å². The van der Waals surface area contributed by atoms with Crippen LogP contribution >= 0.6 is 0 Å². The maximum absolute atomic E-state index is 3.92. The first kappa shape index (κ1) is 14.1. The van der Waals surface area contributed by atoms with Gasteiger partial charge in [0.1, 0.15) is 0 Å². The SMILES string of the molecule is CCCCc1ccc(C(C)NC(C2CC2)C2CC2)cc1. The number of aryl methyl sites for hydroxylation is 1. The molecule has 3 rings (SSSR count).